The normalized spacial score (nSPS) is 25.5. The van der Waals surface area contributed by atoms with E-state index in [2.05, 4.69) is 10.3 Å². The lowest BCUT2D eigenvalue weighted by Gasteiger charge is -2.37. The predicted molar refractivity (Wildman–Crippen MR) is 95.9 cm³/mol. The lowest BCUT2D eigenvalue weighted by Crippen LogP contribution is -2.52. The maximum absolute atomic E-state index is 13.0. The number of carbonyl (C=O) groups is 1. The Labute approximate surface area is 157 Å². The molecular weight excluding hydrogens is 371 g/mol. The first-order valence-corrected chi connectivity index (χ1v) is 10.4. The molecule has 4 rings (SSSR count). The predicted octanol–water partition coefficient (Wildman–Crippen LogP) is 1.67. The molecule has 0 spiro atoms. The van der Waals surface area contributed by atoms with Crippen LogP contribution in [0.3, 0.4) is 0 Å². The van der Waals surface area contributed by atoms with Crippen LogP contribution < -0.4 is 5.32 Å². The molecule has 1 aromatic carbocycles. The molecule has 0 aliphatic carbocycles. The lowest BCUT2D eigenvalue weighted by atomic mass is 9.99. The molecule has 2 bridgehead atoms. The topological polar surface area (TPSA) is 84.3 Å². The van der Waals surface area contributed by atoms with Crippen molar-refractivity contribution in [1.29, 1.82) is 0 Å². The van der Waals surface area contributed by atoms with Crippen LogP contribution in [0.15, 0.2) is 41.8 Å². The van der Waals surface area contributed by atoms with E-state index >= 15 is 0 Å². The highest BCUT2D eigenvalue weighted by Gasteiger charge is 2.48. The molecule has 1 aromatic heterocycles. The van der Waals surface area contributed by atoms with Crippen LogP contribution in [0, 0.1) is 5.82 Å². The number of hydrogen-bond acceptors (Lipinski definition) is 4. The number of hydrogen-bond donors (Lipinski definition) is 1. The van der Waals surface area contributed by atoms with Crippen LogP contribution in [0.1, 0.15) is 36.0 Å². The lowest BCUT2D eigenvalue weighted by molar-refractivity contribution is 0.0909. The van der Waals surface area contributed by atoms with E-state index in [1.165, 1.54) is 36.8 Å². The number of piperidine rings is 1. The van der Waals surface area contributed by atoms with Gasteiger partial charge in [0.25, 0.3) is 15.9 Å². The Hall–Kier alpha value is -2.26. The molecule has 2 atom stereocenters. The Balaban J connectivity index is 1.47. The largest absolute Gasteiger partial charge is 0.349 e. The van der Waals surface area contributed by atoms with Gasteiger partial charge in [0.15, 0.2) is 5.03 Å². The summed E-state index contributed by atoms with van der Waals surface area (Å²) in [7, 11) is -1.90. The zero-order valence-electron chi connectivity index (χ0n) is 14.9. The van der Waals surface area contributed by atoms with Gasteiger partial charge in [-0.25, -0.2) is 17.8 Å². The monoisotopic (exact) mass is 392 g/mol. The molecule has 7 nitrogen and oxygen atoms in total. The van der Waals surface area contributed by atoms with E-state index in [4.69, 9.17) is 0 Å². The molecule has 144 valence electrons. The second kappa shape index (κ2) is 6.72. The molecule has 2 aliphatic heterocycles. The van der Waals surface area contributed by atoms with E-state index in [0.717, 1.165) is 12.8 Å². The van der Waals surface area contributed by atoms with E-state index in [0.29, 0.717) is 18.4 Å². The fourth-order valence-electron chi connectivity index (χ4n) is 4.14. The number of sulfonamides is 1. The van der Waals surface area contributed by atoms with E-state index in [9.17, 15) is 17.6 Å². The molecule has 2 aromatic rings. The van der Waals surface area contributed by atoms with Crippen molar-refractivity contribution >= 4 is 15.9 Å². The van der Waals surface area contributed by atoms with Crippen LogP contribution in [-0.2, 0) is 17.1 Å². The Morgan fingerprint density at radius 1 is 1.19 bits per heavy atom. The highest BCUT2D eigenvalue weighted by molar-refractivity contribution is 7.89. The molecule has 1 amide bonds. The maximum atomic E-state index is 13.0. The number of benzene rings is 1. The first-order valence-electron chi connectivity index (χ1n) is 8.92. The second-order valence-corrected chi connectivity index (χ2v) is 9.04. The van der Waals surface area contributed by atoms with Gasteiger partial charge in [0.05, 0.1) is 6.33 Å². The zero-order valence-corrected chi connectivity index (χ0v) is 15.7. The molecule has 2 unspecified atom stereocenters. The summed E-state index contributed by atoms with van der Waals surface area (Å²) >= 11 is 0. The summed E-state index contributed by atoms with van der Waals surface area (Å²) in [4.78, 5) is 16.4. The van der Waals surface area contributed by atoms with Crippen molar-refractivity contribution in [2.24, 2.45) is 7.05 Å². The molecule has 0 radical (unpaired) electrons. The molecule has 3 heterocycles. The van der Waals surface area contributed by atoms with Gasteiger partial charge in [-0.1, -0.05) is 0 Å². The standard InChI is InChI=1S/C18H21FN4O3S/c1-22-10-17(20-11-22)27(25,26)23-15-6-7-16(23)9-14(8-15)21-18(24)12-2-4-13(19)5-3-12/h2-5,10-11,14-16H,6-9H2,1H3,(H,21,24). The zero-order chi connectivity index (χ0) is 19.2. The summed E-state index contributed by atoms with van der Waals surface area (Å²) in [6.45, 7) is 0. The fourth-order valence-corrected chi connectivity index (χ4v) is 6.01. The maximum Gasteiger partial charge on any atom is 0.262 e. The molecule has 2 aliphatic rings. The minimum absolute atomic E-state index is 0.0655. The number of carbonyl (C=O) groups excluding carboxylic acids is 1. The number of amides is 1. The van der Waals surface area contributed by atoms with Gasteiger partial charge in [-0.05, 0) is 49.9 Å². The molecule has 1 N–H and O–H groups in total. The van der Waals surface area contributed by atoms with Crippen LogP contribution >= 0.6 is 0 Å². The summed E-state index contributed by atoms with van der Waals surface area (Å²) < 4.78 is 42.2. The summed E-state index contributed by atoms with van der Waals surface area (Å²) in [6, 6.07) is 5.00. The smallest absolute Gasteiger partial charge is 0.262 e. The van der Waals surface area contributed by atoms with Gasteiger partial charge in [0.1, 0.15) is 5.82 Å². The minimum atomic E-state index is -3.64. The van der Waals surface area contributed by atoms with Gasteiger partial charge in [-0.3, -0.25) is 4.79 Å². The summed E-state index contributed by atoms with van der Waals surface area (Å²) in [6.07, 6.45) is 5.67. The Morgan fingerprint density at radius 2 is 1.81 bits per heavy atom. The third kappa shape index (κ3) is 3.37. The molecule has 2 fully saturated rings. The van der Waals surface area contributed by atoms with E-state index in [1.807, 2.05) is 0 Å². The molecule has 9 heteroatoms. The highest BCUT2D eigenvalue weighted by Crippen LogP contribution is 2.39. The van der Waals surface area contributed by atoms with Crippen LogP contribution in [0.25, 0.3) is 0 Å². The van der Waals surface area contributed by atoms with Crippen LogP contribution in [-0.4, -0.2) is 46.3 Å². The van der Waals surface area contributed by atoms with Crippen molar-refractivity contribution in [2.75, 3.05) is 0 Å². The summed E-state index contributed by atoms with van der Waals surface area (Å²) in [5.41, 5.74) is 0.396. The summed E-state index contributed by atoms with van der Waals surface area (Å²) in [5.74, 6) is -0.655. The van der Waals surface area contributed by atoms with Gasteiger partial charge < -0.3 is 9.88 Å². The highest BCUT2D eigenvalue weighted by atomic mass is 32.2. The van der Waals surface area contributed by atoms with E-state index in [-0.39, 0.29) is 29.1 Å². The first-order chi connectivity index (χ1) is 12.8. The van der Waals surface area contributed by atoms with Crippen molar-refractivity contribution in [1.82, 2.24) is 19.2 Å². The second-order valence-electron chi connectivity index (χ2n) is 7.25. The number of nitrogens with one attached hydrogen (secondary N) is 1. The Bertz CT molecular complexity index is 943. The number of rotatable bonds is 4. The number of nitrogens with zero attached hydrogens (tertiary/aromatic N) is 3. The third-order valence-electron chi connectivity index (χ3n) is 5.33. The molecular formula is C18H21FN4O3S. The number of fused-ring (bicyclic) bond motifs is 2. The van der Waals surface area contributed by atoms with Crippen LogP contribution in [0.4, 0.5) is 4.39 Å². The van der Waals surface area contributed by atoms with Gasteiger partial charge in [0, 0.05) is 36.9 Å². The fraction of sp³-hybridized carbons (Fsp3) is 0.444. The number of imidazole rings is 1. The Morgan fingerprint density at radius 3 is 2.37 bits per heavy atom. The van der Waals surface area contributed by atoms with Crippen molar-refractivity contribution in [2.45, 2.75) is 48.8 Å². The van der Waals surface area contributed by atoms with Crippen LogP contribution in [0.5, 0.6) is 0 Å². The van der Waals surface area contributed by atoms with Gasteiger partial charge in [-0.15, -0.1) is 0 Å². The van der Waals surface area contributed by atoms with E-state index < -0.39 is 15.8 Å². The minimum Gasteiger partial charge on any atom is -0.349 e. The van der Waals surface area contributed by atoms with Crippen LogP contribution in [0.2, 0.25) is 0 Å². The third-order valence-corrected chi connectivity index (χ3v) is 7.22. The van der Waals surface area contributed by atoms with Gasteiger partial charge in [0.2, 0.25) is 0 Å². The van der Waals surface area contributed by atoms with Crippen molar-refractivity contribution < 1.29 is 17.6 Å². The first kappa shape index (κ1) is 18.1. The summed E-state index contributed by atoms with van der Waals surface area (Å²) in [5, 5.41) is 3.03. The number of halogens is 1. The van der Waals surface area contributed by atoms with E-state index in [1.54, 1.807) is 15.9 Å². The molecule has 2 saturated heterocycles. The molecule has 27 heavy (non-hydrogen) atoms. The quantitative estimate of drug-likeness (QED) is 0.858. The van der Waals surface area contributed by atoms with Gasteiger partial charge >= 0.3 is 0 Å². The molecule has 0 saturated carbocycles. The average Bonchev–Trinajstić information content (AvgIpc) is 3.18. The number of aromatic nitrogens is 2. The van der Waals surface area contributed by atoms with Crippen molar-refractivity contribution in [3.05, 3.63) is 48.2 Å². The number of aryl methyl sites for hydroxylation is 1. The van der Waals surface area contributed by atoms with Crippen molar-refractivity contribution in [3.63, 3.8) is 0 Å². The Kier molecular flexibility index (Phi) is 4.51. The average molecular weight is 392 g/mol. The SMILES string of the molecule is Cn1cnc(S(=O)(=O)N2C3CCC2CC(NC(=O)c2ccc(F)cc2)C3)c1. The van der Waals surface area contributed by atoms with Crippen molar-refractivity contribution in [3.8, 4) is 0 Å². The van der Waals surface area contributed by atoms with Gasteiger partial charge in [-0.2, -0.15) is 4.31 Å².